The molecule has 1 aliphatic heterocycles. The van der Waals surface area contributed by atoms with Crippen LogP contribution in [0.3, 0.4) is 0 Å². The van der Waals surface area contributed by atoms with E-state index in [2.05, 4.69) is 46.6 Å². The Morgan fingerprint density at radius 2 is 1.57 bits per heavy atom. The summed E-state index contributed by atoms with van der Waals surface area (Å²) < 4.78 is 23.5. The van der Waals surface area contributed by atoms with Crippen LogP contribution in [-0.2, 0) is 12.8 Å². The average molecular weight is 477 g/mol. The van der Waals surface area contributed by atoms with Crippen molar-refractivity contribution in [2.45, 2.75) is 18.9 Å². The Morgan fingerprint density at radius 1 is 0.829 bits per heavy atom. The van der Waals surface area contributed by atoms with Crippen LogP contribution in [0.5, 0.6) is 23.0 Å². The highest BCUT2D eigenvalue weighted by atomic mass is 16.5. The Morgan fingerprint density at radius 3 is 2.31 bits per heavy atom. The molecule has 6 nitrogen and oxygen atoms in total. The standard InChI is InChI=1S/C29H36N2O4/c1-31(2)15-17-35-28-20-24-22(18-27(28)33-4)12-14-30-29(24)23-10-11-25(26(19-23)32-3)34-16-13-21-8-6-5-7-9-21/h5-11,18-20,29-30H,12-17H2,1-4H3. The zero-order valence-corrected chi connectivity index (χ0v) is 21.2. The van der Waals surface area contributed by atoms with Gasteiger partial charge in [0.25, 0.3) is 0 Å². The number of fused-ring (bicyclic) bond motifs is 1. The molecule has 4 rings (SSSR count). The van der Waals surface area contributed by atoms with Crippen molar-refractivity contribution in [2.24, 2.45) is 0 Å². The van der Waals surface area contributed by atoms with Gasteiger partial charge in [0.1, 0.15) is 6.61 Å². The summed E-state index contributed by atoms with van der Waals surface area (Å²) in [6.45, 7) is 2.92. The van der Waals surface area contributed by atoms with Crippen molar-refractivity contribution in [3.8, 4) is 23.0 Å². The molecule has 186 valence electrons. The maximum atomic E-state index is 6.09. The van der Waals surface area contributed by atoms with E-state index in [4.69, 9.17) is 18.9 Å². The van der Waals surface area contributed by atoms with Gasteiger partial charge in [0.2, 0.25) is 0 Å². The number of hydrogen-bond acceptors (Lipinski definition) is 6. The van der Waals surface area contributed by atoms with Crippen LogP contribution in [-0.4, -0.2) is 59.5 Å². The van der Waals surface area contributed by atoms with Crippen LogP contribution in [0.2, 0.25) is 0 Å². The molecule has 0 fully saturated rings. The lowest BCUT2D eigenvalue weighted by molar-refractivity contribution is 0.250. The highest BCUT2D eigenvalue weighted by molar-refractivity contribution is 5.53. The first-order valence-corrected chi connectivity index (χ1v) is 12.2. The number of ether oxygens (including phenoxy) is 4. The minimum absolute atomic E-state index is 0.0353. The minimum atomic E-state index is 0.0353. The van der Waals surface area contributed by atoms with E-state index in [-0.39, 0.29) is 6.04 Å². The number of nitrogens with one attached hydrogen (secondary N) is 1. The molecule has 0 spiro atoms. The second-order valence-corrected chi connectivity index (χ2v) is 8.99. The Labute approximate surface area is 208 Å². The SMILES string of the molecule is COc1cc(C2NCCc3cc(OC)c(OCCN(C)C)cc32)ccc1OCCc1ccccc1. The van der Waals surface area contributed by atoms with E-state index in [1.54, 1.807) is 14.2 Å². The van der Waals surface area contributed by atoms with Crippen LogP contribution in [0.25, 0.3) is 0 Å². The van der Waals surface area contributed by atoms with Crippen LogP contribution in [0.15, 0.2) is 60.7 Å². The van der Waals surface area contributed by atoms with Crippen LogP contribution in [0.4, 0.5) is 0 Å². The third kappa shape index (κ3) is 6.27. The number of rotatable bonds is 11. The second kappa shape index (κ2) is 12.0. The molecular formula is C29H36N2O4. The van der Waals surface area contributed by atoms with Crippen molar-refractivity contribution in [1.29, 1.82) is 0 Å². The summed E-state index contributed by atoms with van der Waals surface area (Å²) in [6, 6.07) is 20.8. The molecule has 0 saturated heterocycles. The third-order valence-corrected chi connectivity index (χ3v) is 6.29. The van der Waals surface area contributed by atoms with Gasteiger partial charge in [0.05, 0.1) is 26.9 Å². The Kier molecular flexibility index (Phi) is 8.50. The van der Waals surface area contributed by atoms with Gasteiger partial charge in [-0.05, 0) is 67.0 Å². The first-order chi connectivity index (χ1) is 17.1. The molecule has 3 aromatic carbocycles. The molecule has 0 aliphatic carbocycles. The molecule has 0 aromatic heterocycles. The molecule has 6 heteroatoms. The maximum Gasteiger partial charge on any atom is 0.161 e. The summed E-state index contributed by atoms with van der Waals surface area (Å²) in [6.07, 6.45) is 1.79. The topological polar surface area (TPSA) is 52.2 Å². The predicted molar refractivity (Wildman–Crippen MR) is 139 cm³/mol. The first kappa shape index (κ1) is 24.9. The van der Waals surface area contributed by atoms with Crippen LogP contribution < -0.4 is 24.3 Å². The number of hydrogen-bond donors (Lipinski definition) is 1. The van der Waals surface area contributed by atoms with Crippen molar-refractivity contribution < 1.29 is 18.9 Å². The van der Waals surface area contributed by atoms with Gasteiger partial charge in [-0.1, -0.05) is 36.4 Å². The highest BCUT2D eigenvalue weighted by Gasteiger charge is 2.25. The normalized spacial score (nSPS) is 14.9. The summed E-state index contributed by atoms with van der Waals surface area (Å²) in [5.41, 5.74) is 4.86. The van der Waals surface area contributed by atoms with Gasteiger partial charge < -0.3 is 29.2 Å². The van der Waals surface area contributed by atoms with E-state index in [9.17, 15) is 0 Å². The van der Waals surface area contributed by atoms with Gasteiger partial charge in [-0.15, -0.1) is 0 Å². The fraction of sp³-hybridized carbons (Fsp3) is 0.379. The summed E-state index contributed by atoms with van der Waals surface area (Å²) >= 11 is 0. The van der Waals surface area contributed by atoms with Crippen molar-refractivity contribution in [3.05, 3.63) is 82.9 Å². The van der Waals surface area contributed by atoms with Gasteiger partial charge in [-0.2, -0.15) is 0 Å². The van der Waals surface area contributed by atoms with Crippen molar-refractivity contribution in [1.82, 2.24) is 10.2 Å². The molecule has 0 amide bonds. The van der Waals surface area contributed by atoms with E-state index in [0.717, 1.165) is 54.5 Å². The van der Waals surface area contributed by atoms with E-state index >= 15 is 0 Å². The molecule has 0 saturated carbocycles. The summed E-state index contributed by atoms with van der Waals surface area (Å²) in [7, 11) is 7.46. The number of nitrogens with zero attached hydrogens (tertiary/aromatic N) is 1. The average Bonchev–Trinajstić information content (AvgIpc) is 2.88. The Balaban J connectivity index is 1.53. The fourth-order valence-corrected chi connectivity index (χ4v) is 4.38. The third-order valence-electron chi connectivity index (χ3n) is 6.29. The van der Waals surface area contributed by atoms with Gasteiger partial charge in [-0.25, -0.2) is 0 Å². The van der Waals surface area contributed by atoms with E-state index in [1.165, 1.54) is 16.7 Å². The second-order valence-electron chi connectivity index (χ2n) is 8.99. The minimum Gasteiger partial charge on any atom is -0.493 e. The van der Waals surface area contributed by atoms with Crippen molar-refractivity contribution in [2.75, 3.05) is 54.6 Å². The molecule has 0 radical (unpaired) electrons. The largest absolute Gasteiger partial charge is 0.493 e. The van der Waals surface area contributed by atoms with Gasteiger partial charge in [0, 0.05) is 19.5 Å². The zero-order valence-electron chi connectivity index (χ0n) is 21.2. The summed E-state index contributed by atoms with van der Waals surface area (Å²) in [4.78, 5) is 2.10. The maximum absolute atomic E-state index is 6.09. The van der Waals surface area contributed by atoms with E-state index in [0.29, 0.717) is 13.2 Å². The van der Waals surface area contributed by atoms with Gasteiger partial charge >= 0.3 is 0 Å². The molecule has 1 N–H and O–H groups in total. The van der Waals surface area contributed by atoms with Gasteiger partial charge in [-0.3, -0.25) is 0 Å². The first-order valence-electron chi connectivity index (χ1n) is 12.2. The molecule has 0 bridgehead atoms. The molecule has 35 heavy (non-hydrogen) atoms. The predicted octanol–water partition coefficient (Wildman–Crippen LogP) is 4.50. The smallest absolute Gasteiger partial charge is 0.161 e. The quantitative estimate of drug-likeness (QED) is 0.440. The molecule has 1 heterocycles. The lowest BCUT2D eigenvalue weighted by Crippen LogP contribution is -2.30. The highest BCUT2D eigenvalue weighted by Crippen LogP contribution is 2.39. The van der Waals surface area contributed by atoms with Crippen LogP contribution in [0, 0.1) is 0 Å². The summed E-state index contributed by atoms with van der Waals surface area (Å²) in [5, 5.41) is 3.67. The zero-order chi connectivity index (χ0) is 24.6. The van der Waals surface area contributed by atoms with Crippen molar-refractivity contribution >= 4 is 0 Å². The van der Waals surface area contributed by atoms with Crippen LogP contribution in [0.1, 0.15) is 28.3 Å². The van der Waals surface area contributed by atoms with Gasteiger partial charge in [0.15, 0.2) is 23.0 Å². The lowest BCUT2D eigenvalue weighted by Gasteiger charge is -2.29. The van der Waals surface area contributed by atoms with Crippen molar-refractivity contribution in [3.63, 3.8) is 0 Å². The monoisotopic (exact) mass is 476 g/mol. The Hall–Kier alpha value is -3.22. The molecular weight excluding hydrogens is 440 g/mol. The van der Waals surface area contributed by atoms with Crippen LogP contribution >= 0.6 is 0 Å². The van der Waals surface area contributed by atoms with E-state index in [1.807, 2.05) is 38.4 Å². The number of methoxy groups -OCH3 is 2. The molecule has 1 atom stereocenters. The lowest BCUT2D eigenvalue weighted by atomic mass is 9.89. The molecule has 3 aromatic rings. The fourth-order valence-electron chi connectivity index (χ4n) is 4.38. The Bertz CT molecular complexity index is 1100. The summed E-state index contributed by atoms with van der Waals surface area (Å²) in [5.74, 6) is 3.05. The van der Waals surface area contributed by atoms with E-state index < -0.39 is 0 Å². The number of benzene rings is 3. The molecule has 1 unspecified atom stereocenters. The number of likely N-dealkylation sites (N-methyl/N-ethyl adjacent to an activating group) is 1. The molecule has 1 aliphatic rings.